The van der Waals surface area contributed by atoms with Crippen LogP contribution in [-0.4, -0.2) is 18.5 Å². The molecule has 0 aliphatic heterocycles. The predicted octanol–water partition coefficient (Wildman–Crippen LogP) is 2.30. The summed E-state index contributed by atoms with van der Waals surface area (Å²) in [7, 11) is 0. The van der Waals surface area contributed by atoms with Crippen LogP contribution in [0, 0.1) is 17.3 Å². The number of nitrogens with two attached hydrogens (primary N) is 1. The molecule has 1 aliphatic carbocycles. The van der Waals surface area contributed by atoms with Crippen LogP contribution in [0.5, 0.6) is 0 Å². The molecule has 17 heavy (non-hydrogen) atoms. The summed E-state index contributed by atoms with van der Waals surface area (Å²) in [6, 6.07) is 0.220. The van der Waals surface area contributed by atoms with E-state index in [9.17, 15) is 4.79 Å². The van der Waals surface area contributed by atoms with E-state index in [1.54, 1.807) is 0 Å². The number of amides is 1. The van der Waals surface area contributed by atoms with Crippen molar-refractivity contribution in [2.24, 2.45) is 23.0 Å². The maximum atomic E-state index is 12.0. The Morgan fingerprint density at radius 1 is 1.41 bits per heavy atom. The molecular formula is C14H28N2O. The van der Waals surface area contributed by atoms with Crippen molar-refractivity contribution in [3.8, 4) is 0 Å². The monoisotopic (exact) mass is 240 g/mol. The molecule has 3 N–H and O–H groups in total. The van der Waals surface area contributed by atoms with Crippen LogP contribution in [-0.2, 0) is 4.79 Å². The third-order valence-electron chi connectivity index (χ3n) is 4.37. The predicted molar refractivity (Wildman–Crippen MR) is 71.6 cm³/mol. The van der Waals surface area contributed by atoms with Gasteiger partial charge in [0.05, 0.1) is 0 Å². The highest BCUT2D eigenvalue weighted by Gasteiger charge is 2.28. The van der Waals surface area contributed by atoms with E-state index in [0.29, 0.717) is 5.92 Å². The Labute approximate surface area is 106 Å². The number of carbonyl (C=O) groups excluding carboxylic acids is 1. The molecule has 3 heteroatoms. The van der Waals surface area contributed by atoms with E-state index in [-0.39, 0.29) is 23.3 Å². The molecule has 100 valence electrons. The molecule has 0 bridgehead atoms. The third-order valence-corrected chi connectivity index (χ3v) is 4.37. The molecule has 0 radical (unpaired) electrons. The Morgan fingerprint density at radius 3 is 2.59 bits per heavy atom. The first-order valence-electron chi connectivity index (χ1n) is 6.86. The van der Waals surface area contributed by atoms with E-state index < -0.39 is 0 Å². The van der Waals surface area contributed by atoms with Crippen LogP contribution in [0.1, 0.15) is 53.4 Å². The molecule has 3 nitrogen and oxygen atoms in total. The maximum Gasteiger partial charge on any atom is 0.223 e. The number of carbonyl (C=O) groups is 1. The lowest BCUT2D eigenvalue weighted by atomic mass is 9.80. The normalized spacial score (nSPS) is 26.0. The topological polar surface area (TPSA) is 55.1 Å². The molecule has 1 aliphatic rings. The Morgan fingerprint density at radius 2 is 2.06 bits per heavy atom. The van der Waals surface area contributed by atoms with Crippen LogP contribution < -0.4 is 11.1 Å². The first kappa shape index (κ1) is 14.5. The Hall–Kier alpha value is -0.570. The number of hydrogen-bond acceptors (Lipinski definition) is 2. The maximum absolute atomic E-state index is 12.0. The molecular weight excluding hydrogens is 212 g/mol. The first-order chi connectivity index (χ1) is 7.83. The smallest absolute Gasteiger partial charge is 0.223 e. The number of rotatable bonds is 4. The molecule has 0 aromatic heterocycles. The SMILES string of the molecule is CC(C)C(C)(C)CNC(=O)C1CCCC(N)C1. The van der Waals surface area contributed by atoms with Gasteiger partial charge in [0, 0.05) is 18.5 Å². The summed E-state index contributed by atoms with van der Waals surface area (Å²) in [5.41, 5.74) is 6.07. The van der Waals surface area contributed by atoms with Gasteiger partial charge in [-0.1, -0.05) is 34.1 Å². The van der Waals surface area contributed by atoms with Crippen molar-refractivity contribution >= 4 is 5.91 Å². The molecule has 1 rings (SSSR count). The summed E-state index contributed by atoms with van der Waals surface area (Å²) in [6.45, 7) is 9.55. The zero-order valence-electron chi connectivity index (χ0n) is 11.8. The molecule has 0 heterocycles. The highest BCUT2D eigenvalue weighted by molar-refractivity contribution is 5.78. The first-order valence-corrected chi connectivity index (χ1v) is 6.86. The molecule has 0 spiro atoms. The van der Waals surface area contributed by atoms with Gasteiger partial charge in [0.1, 0.15) is 0 Å². The largest absolute Gasteiger partial charge is 0.355 e. The van der Waals surface area contributed by atoms with Gasteiger partial charge in [0.25, 0.3) is 0 Å². The zero-order valence-corrected chi connectivity index (χ0v) is 11.8. The van der Waals surface area contributed by atoms with Crippen molar-refractivity contribution in [3.05, 3.63) is 0 Å². The molecule has 1 amide bonds. The minimum Gasteiger partial charge on any atom is -0.355 e. The van der Waals surface area contributed by atoms with Crippen LogP contribution in [0.3, 0.4) is 0 Å². The Balaban J connectivity index is 2.39. The standard InChI is InChI=1S/C14H28N2O/c1-10(2)14(3,4)9-16-13(17)11-6-5-7-12(15)8-11/h10-12H,5-9,15H2,1-4H3,(H,16,17). The van der Waals surface area contributed by atoms with Crippen molar-refractivity contribution < 1.29 is 4.79 Å². The van der Waals surface area contributed by atoms with Gasteiger partial charge in [-0.05, 0) is 30.6 Å². The lowest BCUT2D eigenvalue weighted by molar-refractivity contribution is -0.126. The van der Waals surface area contributed by atoms with Gasteiger partial charge in [-0.15, -0.1) is 0 Å². The Kier molecular flexibility index (Phi) is 4.99. The summed E-state index contributed by atoms with van der Waals surface area (Å²) < 4.78 is 0. The van der Waals surface area contributed by atoms with Crippen LogP contribution in [0.25, 0.3) is 0 Å². The molecule has 0 aromatic rings. The average Bonchev–Trinajstić information content (AvgIpc) is 2.25. The van der Waals surface area contributed by atoms with Crippen LogP contribution in [0.2, 0.25) is 0 Å². The summed E-state index contributed by atoms with van der Waals surface area (Å²) in [5, 5.41) is 3.10. The van der Waals surface area contributed by atoms with Crippen LogP contribution in [0.4, 0.5) is 0 Å². The lowest BCUT2D eigenvalue weighted by Gasteiger charge is -2.31. The van der Waals surface area contributed by atoms with Crippen molar-refractivity contribution in [1.82, 2.24) is 5.32 Å². The van der Waals surface area contributed by atoms with Crippen LogP contribution in [0.15, 0.2) is 0 Å². The van der Waals surface area contributed by atoms with Crippen molar-refractivity contribution in [3.63, 3.8) is 0 Å². The van der Waals surface area contributed by atoms with Gasteiger partial charge < -0.3 is 11.1 Å². The fraction of sp³-hybridized carbons (Fsp3) is 0.929. The average molecular weight is 240 g/mol. The number of nitrogens with one attached hydrogen (secondary N) is 1. The summed E-state index contributed by atoms with van der Waals surface area (Å²) in [4.78, 5) is 12.0. The molecule has 2 atom stereocenters. The summed E-state index contributed by atoms with van der Waals surface area (Å²) in [6.07, 6.45) is 4.02. The van der Waals surface area contributed by atoms with Gasteiger partial charge in [0.2, 0.25) is 5.91 Å². The van der Waals surface area contributed by atoms with E-state index in [2.05, 4.69) is 33.0 Å². The molecule has 2 unspecified atom stereocenters. The molecule has 1 saturated carbocycles. The van der Waals surface area contributed by atoms with Gasteiger partial charge in [-0.2, -0.15) is 0 Å². The fourth-order valence-electron chi connectivity index (χ4n) is 2.13. The summed E-state index contributed by atoms with van der Waals surface area (Å²) >= 11 is 0. The fourth-order valence-corrected chi connectivity index (χ4v) is 2.13. The highest BCUT2D eigenvalue weighted by Crippen LogP contribution is 2.26. The van der Waals surface area contributed by atoms with Gasteiger partial charge in [-0.25, -0.2) is 0 Å². The minimum absolute atomic E-state index is 0.140. The molecule has 0 saturated heterocycles. The van der Waals surface area contributed by atoms with E-state index in [4.69, 9.17) is 5.73 Å². The second-order valence-corrected chi connectivity index (χ2v) is 6.48. The second kappa shape index (κ2) is 5.85. The van der Waals surface area contributed by atoms with Gasteiger partial charge in [-0.3, -0.25) is 4.79 Å². The van der Waals surface area contributed by atoms with E-state index in [1.807, 2.05) is 0 Å². The van der Waals surface area contributed by atoms with Crippen molar-refractivity contribution in [2.75, 3.05) is 6.54 Å². The number of hydrogen-bond donors (Lipinski definition) is 2. The quantitative estimate of drug-likeness (QED) is 0.792. The van der Waals surface area contributed by atoms with E-state index in [1.165, 1.54) is 0 Å². The van der Waals surface area contributed by atoms with E-state index in [0.717, 1.165) is 32.2 Å². The van der Waals surface area contributed by atoms with Crippen LogP contribution >= 0.6 is 0 Å². The third kappa shape index (κ3) is 4.30. The van der Waals surface area contributed by atoms with Crippen molar-refractivity contribution in [2.45, 2.75) is 59.4 Å². The zero-order chi connectivity index (χ0) is 13.1. The minimum atomic E-state index is 0.140. The van der Waals surface area contributed by atoms with Gasteiger partial charge >= 0.3 is 0 Å². The lowest BCUT2D eigenvalue weighted by Crippen LogP contribution is -2.42. The molecule has 1 fully saturated rings. The van der Waals surface area contributed by atoms with Gasteiger partial charge in [0.15, 0.2) is 0 Å². The Bertz CT molecular complexity index is 261. The summed E-state index contributed by atoms with van der Waals surface area (Å²) in [5.74, 6) is 0.909. The second-order valence-electron chi connectivity index (χ2n) is 6.48. The highest BCUT2D eigenvalue weighted by atomic mass is 16.1. The molecule has 0 aromatic carbocycles. The van der Waals surface area contributed by atoms with Crippen molar-refractivity contribution in [1.29, 1.82) is 0 Å². The van der Waals surface area contributed by atoms with E-state index >= 15 is 0 Å².